The van der Waals surface area contributed by atoms with Crippen LogP contribution >= 0.6 is 0 Å². The number of rotatable bonds is 3. The van der Waals surface area contributed by atoms with Crippen molar-refractivity contribution in [1.82, 2.24) is 0 Å². The van der Waals surface area contributed by atoms with Crippen molar-refractivity contribution in [3.63, 3.8) is 0 Å². The molecular formula is C16H25NO. The summed E-state index contributed by atoms with van der Waals surface area (Å²) in [6.07, 6.45) is 2.22. The van der Waals surface area contributed by atoms with Gasteiger partial charge in [-0.05, 0) is 29.9 Å². The Morgan fingerprint density at radius 2 is 2.06 bits per heavy atom. The molecule has 0 aliphatic carbocycles. The minimum Gasteiger partial charge on any atom is -0.396 e. The lowest BCUT2D eigenvalue weighted by molar-refractivity contribution is 0.0967. The fourth-order valence-electron chi connectivity index (χ4n) is 2.87. The van der Waals surface area contributed by atoms with Gasteiger partial charge in [-0.15, -0.1) is 0 Å². The highest BCUT2D eigenvalue weighted by molar-refractivity contribution is 5.54. The van der Waals surface area contributed by atoms with Crippen LogP contribution in [0.2, 0.25) is 0 Å². The molecule has 0 saturated carbocycles. The van der Waals surface area contributed by atoms with Crippen molar-refractivity contribution in [2.24, 2.45) is 11.3 Å². The zero-order valence-corrected chi connectivity index (χ0v) is 11.8. The van der Waals surface area contributed by atoms with E-state index in [1.54, 1.807) is 0 Å². The van der Waals surface area contributed by atoms with Gasteiger partial charge in [-0.2, -0.15) is 0 Å². The molecule has 1 aromatic rings. The largest absolute Gasteiger partial charge is 0.396 e. The number of aliphatic hydroxyl groups excluding tert-OH is 1. The Morgan fingerprint density at radius 3 is 2.72 bits per heavy atom. The van der Waals surface area contributed by atoms with Crippen molar-refractivity contribution in [2.45, 2.75) is 33.6 Å². The molecule has 0 bridgehead atoms. The molecule has 2 nitrogen and oxygen atoms in total. The maximum Gasteiger partial charge on any atom is 0.0481 e. The van der Waals surface area contributed by atoms with Crippen LogP contribution < -0.4 is 4.90 Å². The second-order valence-corrected chi connectivity index (χ2v) is 6.05. The van der Waals surface area contributed by atoms with Crippen molar-refractivity contribution in [3.05, 3.63) is 29.8 Å². The van der Waals surface area contributed by atoms with Crippen LogP contribution in [0.3, 0.4) is 0 Å². The topological polar surface area (TPSA) is 23.5 Å². The van der Waals surface area contributed by atoms with E-state index in [9.17, 15) is 5.11 Å². The zero-order valence-electron chi connectivity index (χ0n) is 11.8. The summed E-state index contributed by atoms with van der Waals surface area (Å²) in [5, 5.41) is 9.59. The molecule has 0 amide bonds. The number of hydrogen-bond acceptors (Lipinski definition) is 2. The Bertz CT molecular complexity index is 400. The number of nitrogens with zero attached hydrogens (tertiary/aromatic N) is 1. The normalized spacial score (nSPS) is 23.1. The first-order chi connectivity index (χ1) is 8.58. The minimum atomic E-state index is 0.256. The third kappa shape index (κ3) is 2.54. The van der Waals surface area contributed by atoms with Gasteiger partial charge in [-0.1, -0.05) is 39.0 Å². The van der Waals surface area contributed by atoms with E-state index >= 15 is 0 Å². The lowest BCUT2D eigenvalue weighted by Gasteiger charge is -2.44. The summed E-state index contributed by atoms with van der Waals surface area (Å²) < 4.78 is 0. The van der Waals surface area contributed by atoms with Crippen molar-refractivity contribution in [3.8, 4) is 0 Å². The average Bonchev–Trinajstić information content (AvgIpc) is 2.38. The van der Waals surface area contributed by atoms with Gasteiger partial charge in [0, 0.05) is 31.3 Å². The number of hydrogen-bond donors (Lipinski definition) is 1. The highest BCUT2D eigenvalue weighted by Gasteiger charge is 2.35. The van der Waals surface area contributed by atoms with E-state index in [1.165, 1.54) is 11.3 Å². The van der Waals surface area contributed by atoms with Crippen molar-refractivity contribution < 1.29 is 5.11 Å². The Hall–Kier alpha value is -1.02. The molecule has 1 aliphatic heterocycles. The predicted molar refractivity (Wildman–Crippen MR) is 77.0 cm³/mol. The third-order valence-corrected chi connectivity index (χ3v) is 4.51. The Labute approximate surface area is 111 Å². The molecule has 1 saturated heterocycles. The van der Waals surface area contributed by atoms with E-state index in [0.717, 1.165) is 25.9 Å². The average molecular weight is 247 g/mol. The van der Waals surface area contributed by atoms with Gasteiger partial charge in [-0.3, -0.25) is 0 Å². The number of piperidine rings is 1. The summed E-state index contributed by atoms with van der Waals surface area (Å²) in [5.74, 6) is 0.371. The number of aliphatic hydroxyl groups is 1. The molecule has 18 heavy (non-hydrogen) atoms. The van der Waals surface area contributed by atoms with Gasteiger partial charge in [0.05, 0.1) is 0 Å². The van der Waals surface area contributed by atoms with Crippen LogP contribution in [0, 0.1) is 11.3 Å². The van der Waals surface area contributed by atoms with Gasteiger partial charge in [-0.25, -0.2) is 0 Å². The van der Waals surface area contributed by atoms with Crippen molar-refractivity contribution in [2.75, 3.05) is 24.6 Å². The van der Waals surface area contributed by atoms with E-state index in [2.05, 4.69) is 49.9 Å². The molecule has 1 N–H and O–H groups in total. The van der Waals surface area contributed by atoms with Gasteiger partial charge in [0.2, 0.25) is 0 Å². The molecule has 0 aromatic heterocycles. The van der Waals surface area contributed by atoms with E-state index in [4.69, 9.17) is 0 Å². The molecular weight excluding hydrogens is 222 g/mol. The summed E-state index contributed by atoms with van der Waals surface area (Å²) in [5.41, 5.74) is 3.02. The summed E-state index contributed by atoms with van der Waals surface area (Å²) in [4.78, 5) is 2.45. The predicted octanol–water partition coefficient (Wildman–Crippen LogP) is 3.09. The summed E-state index contributed by atoms with van der Waals surface area (Å²) in [6, 6.07) is 8.65. The maximum absolute atomic E-state index is 9.59. The van der Waals surface area contributed by atoms with E-state index < -0.39 is 0 Å². The molecule has 1 aromatic carbocycles. The van der Waals surface area contributed by atoms with Crippen LogP contribution in [-0.2, 0) is 6.42 Å². The standard InChI is InChI=1S/C16H25NO/c1-4-13-7-5-6-8-15(13)17-10-9-16(2,3)14(11-17)12-18/h5-8,14,18H,4,9-12H2,1-3H3. The van der Waals surface area contributed by atoms with Crippen LogP contribution in [0.5, 0.6) is 0 Å². The van der Waals surface area contributed by atoms with Crippen LogP contribution in [0.1, 0.15) is 32.8 Å². The van der Waals surface area contributed by atoms with E-state index in [0.29, 0.717) is 5.92 Å². The Morgan fingerprint density at radius 1 is 1.33 bits per heavy atom. The van der Waals surface area contributed by atoms with Gasteiger partial charge < -0.3 is 10.0 Å². The highest BCUT2D eigenvalue weighted by Crippen LogP contribution is 2.37. The second kappa shape index (κ2) is 5.31. The quantitative estimate of drug-likeness (QED) is 0.887. The molecule has 1 fully saturated rings. The second-order valence-electron chi connectivity index (χ2n) is 6.05. The first kappa shape index (κ1) is 13.4. The first-order valence-electron chi connectivity index (χ1n) is 7.02. The Kier molecular flexibility index (Phi) is 3.96. The number of anilines is 1. The summed E-state index contributed by atoms with van der Waals surface area (Å²) in [6.45, 7) is 9.11. The van der Waals surface area contributed by atoms with E-state index in [-0.39, 0.29) is 12.0 Å². The summed E-state index contributed by atoms with van der Waals surface area (Å²) >= 11 is 0. The molecule has 0 radical (unpaired) electrons. The monoisotopic (exact) mass is 247 g/mol. The first-order valence-corrected chi connectivity index (χ1v) is 7.02. The van der Waals surface area contributed by atoms with Gasteiger partial charge >= 0.3 is 0 Å². The molecule has 2 rings (SSSR count). The molecule has 1 unspecified atom stereocenters. The molecule has 0 spiro atoms. The maximum atomic E-state index is 9.59. The Balaban J connectivity index is 2.20. The summed E-state index contributed by atoms with van der Waals surface area (Å²) in [7, 11) is 0. The fraction of sp³-hybridized carbons (Fsp3) is 0.625. The van der Waals surface area contributed by atoms with Gasteiger partial charge in [0.1, 0.15) is 0 Å². The van der Waals surface area contributed by atoms with Crippen LogP contribution in [0.25, 0.3) is 0 Å². The van der Waals surface area contributed by atoms with Crippen LogP contribution in [-0.4, -0.2) is 24.8 Å². The molecule has 1 heterocycles. The lowest BCUT2D eigenvalue weighted by atomic mass is 9.73. The number of para-hydroxylation sites is 1. The van der Waals surface area contributed by atoms with Crippen LogP contribution in [0.4, 0.5) is 5.69 Å². The van der Waals surface area contributed by atoms with Gasteiger partial charge in [0.15, 0.2) is 0 Å². The van der Waals surface area contributed by atoms with E-state index in [1.807, 2.05) is 0 Å². The van der Waals surface area contributed by atoms with Crippen molar-refractivity contribution in [1.29, 1.82) is 0 Å². The third-order valence-electron chi connectivity index (χ3n) is 4.51. The SMILES string of the molecule is CCc1ccccc1N1CCC(C)(C)C(CO)C1. The van der Waals surface area contributed by atoms with Gasteiger partial charge in [0.25, 0.3) is 0 Å². The number of aryl methyl sites for hydroxylation is 1. The molecule has 100 valence electrons. The molecule has 1 atom stereocenters. The van der Waals surface area contributed by atoms with Crippen molar-refractivity contribution >= 4 is 5.69 Å². The molecule has 1 aliphatic rings. The zero-order chi connectivity index (χ0) is 13.2. The smallest absolute Gasteiger partial charge is 0.0481 e. The molecule has 2 heteroatoms. The highest BCUT2D eigenvalue weighted by atomic mass is 16.3. The lowest BCUT2D eigenvalue weighted by Crippen LogP contribution is -2.46. The van der Waals surface area contributed by atoms with Crippen LogP contribution in [0.15, 0.2) is 24.3 Å². The minimum absolute atomic E-state index is 0.256. The number of benzene rings is 1. The fourth-order valence-corrected chi connectivity index (χ4v) is 2.87.